The maximum absolute atomic E-state index is 13.5. The quantitative estimate of drug-likeness (QED) is 0.871. The van der Waals surface area contributed by atoms with Gasteiger partial charge in [0.05, 0.1) is 6.04 Å². The number of benzene rings is 2. The predicted octanol–water partition coefficient (Wildman–Crippen LogP) is 3.68. The number of ether oxygens (including phenoxy) is 1. The molecule has 2 aromatic carbocycles. The van der Waals surface area contributed by atoms with Crippen LogP contribution in [0.25, 0.3) is 0 Å². The Balaban J connectivity index is 1.51. The Morgan fingerprint density at radius 2 is 1.84 bits per heavy atom. The highest BCUT2D eigenvalue weighted by Gasteiger charge is 2.14. The fourth-order valence-electron chi connectivity index (χ4n) is 3.02. The second-order valence-corrected chi connectivity index (χ2v) is 6.29. The molecule has 0 unspecified atom stereocenters. The summed E-state index contributed by atoms with van der Waals surface area (Å²) in [5.41, 5.74) is 2.25. The van der Waals surface area contributed by atoms with Crippen LogP contribution in [-0.2, 0) is 4.79 Å². The summed E-state index contributed by atoms with van der Waals surface area (Å²) in [5, 5.41) is 2.87. The summed E-state index contributed by atoms with van der Waals surface area (Å²) in [6, 6.07) is 14.2. The number of carbonyl (C=O) groups is 1. The molecule has 132 valence electrons. The largest absolute Gasteiger partial charge is 0.481 e. The summed E-state index contributed by atoms with van der Waals surface area (Å²) in [4.78, 5) is 14.4. The lowest BCUT2D eigenvalue weighted by molar-refractivity contribution is -0.123. The van der Waals surface area contributed by atoms with Gasteiger partial charge in [0.2, 0.25) is 0 Å². The molecule has 0 aromatic heterocycles. The average Bonchev–Trinajstić information content (AvgIpc) is 3.16. The molecule has 1 atom stereocenters. The molecule has 0 bridgehead atoms. The van der Waals surface area contributed by atoms with Crippen molar-refractivity contribution < 1.29 is 13.9 Å². The summed E-state index contributed by atoms with van der Waals surface area (Å²) in [6.45, 7) is 3.93. The first-order valence-electron chi connectivity index (χ1n) is 8.65. The van der Waals surface area contributed by atoms with Gasteiger partial charge in [0, 0.05) is 18.8 Å². The summed E-state index contributed by atoms with van der Waals surface area (Å²) in [7, 11) is 0. The van der Waals surface area contributed by atoms with Crippen LogP contribution in [0, 0.1) is 5.82 Å². The van der Waals surface area contributed by atoms with Gasteiger partial charge in [-0.05, 0) is 49.6 Å². The third-order valence-corrected chi connectivity index (χ3v) is 4.44. The van der Waals surface area contributed by atoms with Gasteiger partial charge in [-0.3, -0.25) is 4.79 Å². The number of rotatable bonds is 6. The van der Waals surface area contributed by atoms with Crippen molar-refractivity contribution in [2.45, 2.75) is 25.8 Å². The molecule has 4 nitrogen and oxygen atoms in total. The minimum atomic E-state index is -0.471. The molecule has 2 aromatic rings. The zero-order valence-corrected chi connectivity index (χ0v) is 14.4. The van der Waals surface area contributed by atoms with E-state index in [1.807, 2.05) is 19.1 Å². The van der Waals surface area contributed by atoms with Crippen molar-refractivity contribution in [3.05, 3.63) is 59.9 Å². The van der Waals surface area contributed by atoms with Gasteiger partial charge in [-0.25, -0.2) is 4.39 Å². The van der Waals surface area contributed by atoms with Gasteiger partial charge in [0.15, 0.2) is 18.2 Å². The van der Waals surface area contributed by atoms with Crippen LogP contribution in [0.15, 0.2) is 48.5 Å². The number of para-hydroxylation sites is 1. The van der Waals surface area contributed by atoms with E-state index in [4.69, 9.17) is 4.74 Å². The third-order valence-electron chi connectivity index (χ3n) is 4.44. The van der Waals surface area contributed by atoms with Gasteiger partial charge >= 0.3 is 0 Å². The van der Waals surface area contributed by atoms with E-state index in [9.17, 15) is 9.18 Å². The van der Waals surface area contributed by atoms with Gasteiger partial charge in [-0.1, -0.05) is 24.3 Å². The zero-order valence-electron chi connectivity index (χ0n) is 14.4. The molecule has 1 aliphatic heterocycles. The molecule has 3 rings (SSSR count). The van der Waals surface area contributed by atoms with Crippen molar-refractivity contribution in [3.8, 4) is 5.75 Å². The Hall–Kier alpha value is -2.56. The standard InChI is InChI=1S/C20H23FN2O2/c1-15(16-8-10-17(11-9-16)23-12-4-5-13-23)22-20(24)14-25-19-7-3-2-6-18(19)21/h2-3,6-11,15H,4-5,12-14H2,1H3,(H,22,24)/t15-/m1/s1. The van der Waals surface area contributed by atoms with E-state index in [0.717, 1.165) is 18.7 Å². The third kappa shape index (κ3) is 4.50. The molecular formula is C20H23FN2O2. The van der Waals surface area contributed by atoms with Crippen molar-refractivity contribution in [2.24, 2.45) is 0 Å². The minimum absolute atomic E-state index is 0.0836. The summed E-state index contributed by atoms with van der Waals surface area (Å²) in [5.74, 6) is -0.666. The lowest BCUT2D eigenvalue weighted by atomic mass is 10.1. The Morgan fingerprint density at radius 1 is 1.16 bits per heavy atom. The fourth-order valence-corrected chi connectivity index (χ4v) is 3.02. The van der Waals surface area contributed by atoms with Gasteiger partial charge in [-0.15, -0.1) is 0 Å². The number of hydrogen-bond donors (Lipinski definition) is 1. The first-order valence-corrected chi connectivity index (χ1v) is 8.65. The molecule has 0 saturated carbocycles. The topological polar surface area (TPSA) is 41.6 Å². The molecular weight excluding hydrogens is 319 g/mol. The number of nitrogens with one attached hydrogen (secondary N) is 1. The lowest BCUT2D eigenvalue weighted by Crippen LogP contribution is -2.31. The van der Waals surface area contributed by atoms with Crippen molar-refractivity contribution in [1.29, 1.82) is 0 Å². The first-order chi connectivity index (χ1) is 12.1. The molecule has 25 heavy (non-hydrogen) atoms. The Bertz CT molecular complexity index is 712. The average molecular weight is 342 g/mol. The molecule has 1 heterocycles. The first kappa shape index (κ1) is 17.3. The Morgan fingerprint density at radius 3 is 2.52 bits per heavy atom. The van der Waals surface area contributed by atoms with E-state index in [0.29, 0.717) is 0 Å². The number of amides is 1. The van der Waals surface area contributed by atoms with Crippen molar-refractivity contribution in [2.75, 3.05) is 24.6 Å². The number of carbonyl (C=O) groups excluding carboxylic acids is 1. The summed E-state index contributed by atoms with van der Waals surface area (Å²) >= 11 is 0. The van der Waals surface area contributed by atoms with E-state index >= 15 is 0 Å². The summed E-state index contributed by atoms with van der Waals surface area (Å²) < 4.78 is 18.7. The molecule has 0 aliphatic carbocycles. The maximum atomic E-state index is 13.5. The van der Waals surface area contributed by atoms with Crippen LogP contribution < -0.4 is 15.0 Å². The maximum Gasteiger partial charge on any atom is 0.258 e. The molecule has 1 N–H and O–H groups in total. The predicted molar refractivity (Wildman–Crippen MR) is 96.3 cm³/mol. The van der Waals surface area contributed by atoms with Gasteiger partial charge in [-0.2, -0.15) is 0 Å². The Kier molecular flexibility index (Phi) is 5.53. The van der Waals surface area contributed by atoms with Crippen LogP contribution in [0.4, 0.5) is 10.1 Å². The molecule has 1 amide bonds. The molecule has 5 heteroatoms. The highest BCUT2D eigenvalue weighted by molar-refractivity contribution is 5.78. The van der Waals surface area contributed by atoms with E-state index in [-0.39, 0.29) is 24.3 Å². The van der Waals surface area contributed by atoms with Gasteiger partial charge in [0.1, 0.15) is 0 Å². The lowest BCUT2D eigenvalue weighted by Gasteiger charge is -2.19. The van der Waals surface area contributed by atoms with Gasteiger partial charge in [0.25, 0.3) is 5.91 Å². The number of halogens is 1. The van der Waals surface area contributed by atoms with Crippen molar-refractivity contribution >= 4 is 11.6 Å². The van der Waals surface area contributed by atoms with Crippen LogP contribution in [0.2, 0.25) is 0 Å². The Labute approximate surface area is 147 Å². The van der Waals surface area contributed by atoms with E-state index < -0.39 is 5.82 Å². The van der Waals surface area contributed by atoms with Crippen LogP contribution in [0.3, 0.4) is 0 Å². The van der Waals surface area contributed by atoms with E-state index in [1.54, 1.807) is 12.1 Å². The SMILES string of the molecule is C[C@@H](NC(=O)COc1ccccc1F)c1ccc(N2CCCC2)cc1. The number of anilines is 1. The summed E-state index contributed by atoms with van der Waals surface area (Å²) in [6.07, 6.45) is 2.49. The molecule has 1 saturated heterocycles. The van der Waals surface area contributed by atoms with Gasteiger partial charge < -0.3 is 15.0 Å². The molecule has 1 aliphatic rings. The number of hydrogen-bond acceptors (Lipinski definition) is 3. The monoisotopic (exact) mass is 342 g/mol. The highest BCUT2D eigenvalue weighted by Crippen LogP contribution is 2.22. The molecule has 1 fully saturated rings. The normalized spacial score (nSPS) is 15.0. The second-order valence-electron chi connectivity index (χ2n) is 6.29. The van der Waals surface area contributed by atoms with Crippen molar-refractivity contribution in [3.63, 3.8) is 0 Å². The molecule has 0 spiro atoms. The van der Waals surface area contributed by atoms with E-state index in [1.165, 1.54) is 30.7 Å². The van der Waals surface area contributed by atoms with Crippen LogP contribution in [0.1, 0.15) is 31.4 Å². The molecule has 0 radical (unpaired) electrons. The number of nitrogens with zero attached hydrogens (tertiary/aromatic N) is 1. The second kappa shape index (κ2) is 8.01. The fraction of sp³-hybridized carbons (Fsp3) is 0.350. The van der Waals surface area contributed by atoms with Crippen molar-refractivity contribution in [1.82, 2.24) is 5.32 Å². The van der Waals surface area contributed by atoms with Crippen LogP contribution in [-0.4, -0.2) is 25.6 Å². The minimum Gasteiger partial charge on any atom is -0.481 e. The highest BCUT2D eigenvalue weighted by atomic mass is 19.1. The zero-order chi connectivity index (χ0) is 17.6. The van der Waals surface area contributed by atoms with Crippen LogP contribution >= 0.6 is 0 Å². The van der Waals surface area contributed by atoms with E-state index in [2.05, 4.69) is 22.3 Å². The smallest absolute Gasteiger partial charge is 0.258 e. The van der Waals surface area contributed by atoms with Crippen LogP contribution in [0.5, 0.6) is 5.75 Å².